The number of carbonyl (C=O) groups excluding carboxylic acids is 1. The molecule has 0 spiro atoms. The first-order valence-corrected chi connectivity index (χ1v) is 13.9. The Labute approximate surface area is 230 Å². The van der Waals surface area contributed by atoms with E-state index in [4.69, 9.17) is 9.72 Å². The fourth-order valence-electron chi connectivity index (χ4n) is 5.59. The van der Waals surface area contributed by atoms with Crippen molar-refractivity contribution in [1.29, 1.82) is 0 Å². The molecule has 1 aliphatic rings. The summed E-state index contributed by atoms with van der Waals surface area (Å²) < 4.78 is 7.46. The number of aromatic nitrogens is 5. The number of Topliss-reactive ketones (excluding diaryl/α,β-unsaturated/α-hetero) is 1. The average Bonchev–Trinajstić information content (AvgIpc) is 3.50. The first-order chi connectivity index (χ1) is 18.9. The molecule has 5 rings (SSSR count). The average molecular weight is 530 g/mol. The van der Waals surface area contributed by atoms with E-state index in [1.807, 2.05) is 45.6 Å². The summed E-state index contributed by atoms with van der Waals surface area (Å²) in [6.07, 6.45) is 7.61. The van der Waals surface area contributed by atoms with E-state index in [1.165, 1.54) is 0 Å². The molecule has 3 aromatic heterocycles. The summed E-state index contributed by atoms with van der Waals surface area (Å²) in [6.45, 7) is 10.6. The van der Waals surface area contributed by atoms with Crippen molar-refractivity contribution in [2.45, 2.75) is 46.1 Å². The van der Waals surface area contributed by atoms with Gasteiger partial charge in [0.25, 0.3) is 0 Å². The van der Waals surface area contributed by atoms with Crippen molar-refractivity contribution < 1.29 is 9.53 Å². The molecule has 4 heterocycles. The number of hydrogen-bond acceptors (Lipinski definition) is 7. The third-order valence-corrected chi connectivity index (χ3v) is 7.68. The Morgan fingerprint density at radius 3 is 2.67 bits per heavy atom. The van der Waals surface area contributed by atoms with Gasteiger partial charge >= 0.3 is 0 Å². The molecule has 39 heavy (non-hydrogen) atoms. The van der Waals surface area contributed by atoms with Gasteiger partial charge in [0.1, 0.15) is 5.82 Å². The first-order valence-electron chi connectivity index (χ1n) is 13.9. The molecular weight excluding hydrogens is 490 g/mol. The van der Waals surface area contributed by atoms with Gasteiger partial charge in [0.15, 0.2) is 5.78 Å². The fourth-order valence-corrected chi connectivity index (χ4v) is 5.59. The van der Waals surface area contributed by atoms with E-state index in [2.05, 4.69) is 51.0 Å². The van der Waals surface area contributed by atoms with Crippen LogP contribution in [0.15, 0.2) is 36.8 Å². The minimum atomic E-state index is -0.0379. The topological polar surface area (TPSA) is 92.2 Å². The molecule has 1 atom stereocenters. The van der Waals surface area contributed by atoms with Gasteiger partial charge in [-0.2, -0.15) is 0 Å². The third-order valence-electron chi connectivity index (χ3n) is 7.68. The number of aryl methyl sites for hydroxylation is 2. The van der Waals surface area contributed by atoms with Gasteiger partial charge in [0.2, 0.25) is 5.88 Å². The summed E-state index contributed by atoms with van der Waals surface area (Å²) >= 11 is 0. The molecule has 1 N–H and O–H groups in total. The Morgan fingerprint density at radius 1 is 1.13 bits per heavy atom. The predicted octanol–water partition coefficient (Wildman–Crippen LogP) is 3.79. The number of nitrogens with zero attached hydrogens (tertiary/aromatic N) is 6. The lowest BCUT2D eigenvalue weighted by molar-refractivity contribution is -0.124. The second kappa shape index (κ2) is 11.7. The minimum Gasteiger partial charge on any atom is -0.477 e. The second-order valence-electron chi connectivity index (χ2n) is 10.5. The quantitative estimate of drug-likeness (QED) is 0.334. The summed E-state index contributed by atoms with van der Waals surface area (Å²) in [6, 6.07) is 6.17. The standard InChI is InChI=1S/C30H39N7O2/c1-6-25(37-13-11-35(4)12-14-37)26(38)15-21-9-8-10-23-24(18-32-29(21)23)28-20(3)17-31-27(33-28)16-22-19-36(5)34-30(22)39-7-2/h8-10,17-19,25,32H,6-7,11-16H2,1-5H3/t25-/m0/s1. The summed E-state index contributed by atoms with van der Waals surface area (Å²) in [4.78, 5) is 31.2. The summed E-state index contributed by atoms with van der Waals surface area (Å²) in [7, 11) is 4.03. The van der Waals surface area contributed by atoms with Crippen LogP contribution in [-0.2, 0) is 24.7 Å². The van der Waals surface area contributed by atoms with Gasteiger partial charge in [-0.3, -0.25) is 14.4 Å². The number of para-hydroxylation sites is 1. The number of hydrogen-bond donors (Lipinski definition) is 1. The van der Waals surface area contributed by atoms with Crippen LogP contribution in [0.3, 0.4) is 0 Å². The van der Waals surface area contributed by atoms with Gasteiger partial charge in [-0.1, -0.05) is 25.1 Å². The highest BCUT2D eigenvalue weighted by Gasteiger charge is 2.27. The number of ether oxygens (including phenoxy) is 1. The van der Waals surface area contributed by atoms with Gasteiger partial charge in [-0.15, -0.1) is 5.10 Å². The van der Waals surface area contributed by atoms with E-state index in [1.54, 1.807) is 4.68 Å². The normalized spacial score (nSPS) is 15.6. The number of ketones is 1. The number of piperazine rings is 1. The number of likely N-dealkylation sites (N-methyl/N-ethyl adjacent to an activating group) is 1. The van der Waals surface area contributed by atoms with E-state index in [-0.39, 0.29) is 11.8 Å². The number of aromatic amines is 1. The first kappa shape index (κ1) is 27.0. The Kier molecular flexibility index (Phi) is 8.09. The summed E-state index contributed by atoms with van der Waals surface area (Å²) in [5.41, 5.74) is 5.89. The molecule has 0 aliphatic carbocycles. The van der Waals surface area contributed by atoms with Gasteiger partial charge in [-0.25, -0.2) is 9.97 Å². The Balaban J connectivity index is 1.41. The van der Waals surface area contributed by atoms with Crippen molar-refractivity contribution in [2.75, 3.05) is 39.8 Å². The van der Waals surface area contributed by atoms with Crippen LogP contribution in [-0.4, -0.2) is 86.2 Å². The van der Waals surface area contributed by atoms with Gasteiger partial charge in [0.05, 0.1) is 18.3 Å². The van der Waals surface area contributed by atoms with E-state index in [9.17, 15) is 4.79 Å². The highest BCUT2D eigenvalue weighted by molar-refractivity contribution is 5.99. The molecule has 0 radical (unpaired) electrons. The summed E-state index contributed by atoms with van der Waals surface area (Å²) in [5.74, 6) is 1.62. The van der Waals surface area contributed by atoms with E-state index < -0.39 is 0 Å². The number of carbonyl (C=O) groups is 1. The molecule has 1 aromatic carbocycles. The number of rotatable bonds is 10. The second-order valence-corrected chi connectivity index (χ2v) is 10.5. The van der Waals surface area contributed by atoms with Crippen molar-refractivity contribution in [3.05, 3.63) is 59.3 Å². The van der Waals surface area contributed by atoms with Crippen molar-refractivity contribution in [3.8, 4) is 17.1 Å². The monoisotopic (exact) mass is 529 g/mol. The molecule has 1 aliphatic heterocycles. The van der Waals surface area contributed by atoms with E-state index >= 15 is 0 Å². The Morgan fingerprint density at radius 2 is 1.92 bits per heavy atom. The maximum absolute atomic E-state index is 13.5. The summed E-state index contributed by atoms with van der Waals surface area (Å²) in [5, 5.41) is 5.48. The van der Waals surface area contributed by atoms with Crippen LogP contribution < -0.4 is 4.74 Å². The zero-order valence-corrected chi connectivity index (χ0v) is 23.7. The van der Waals surface area contributed by atoms with Crippen LogP contribution in [0.25, 0.3) is 22.2 Å². The molecule has 9 heteroatoms. The van der Waals surface area contributed by atoms with Crippen molar-refractivity contribution in [3.63, 3.8) is 0 Å². The zero-order valence-electron chi connectivity index (χ0n) is 23.7. The molecule has 0 bridgehead atoms. The molecule has 9 nitrogen and oxygen atoms in total. The largest absolute Gasteiger partial charge is 0.477 e. The molecule has 1 fully saturated rings. The lowest BCUT2D eigenvalue weighted by Gasteiger charge is -2.37. The van der Waals surface area contributed by atoms with E-state index in [0.29, 0.717) is 31.2 Å². The molecule has 0 saturated carbocycles. The fraction of sp³-hybridized carbons (Fsp3) is 0.467. The van der Waals surface area contributed by atoms with Crippen molar-refractivity contribution >= 4 is 16.7 Å². The van der Waals surface area contributed by atoms with Crippen LogP contribution in [0.2, 0.25) is 0 Å². The Bertz CT molecular complexity index is 1450. The maximum Gasteiger partial charge on any atom is 0.236 e. The molecule has 0 amide bonds. The van der Waals surface area contributed by atoms with Crippen LogP contribution in [0.1, 0.15) is 42.8 Å². The molecule has 4 aromatic rings. The lowest BCUT2D eigenvalue weighted by atomic mass is 9.97. The van der Waals surface area contributed by atoms with Crippen LogP contribution in [0.4, 0.5) is 0 Å². The third kappa shape index (κ3) is 5.74. The highest BCUT2D eigenvalue weighted by Crippen LogP contribution is 2.32. The van der Waals surface area contributed by atoms with E-state index in [0.717, 1.165) is 71.5 Å². The predicted molar refractivity (Wildman–Crippen MR) is 153 cm³/mol. The lowest BCUT2D eigenvalue weighted by Crippen LogP contribution is -2.51. The highest BCUT2D eigenvalue weighted by atomic mass is 16.5. The molecule has 206 valence electrons. The number of nitrogens with one attached hydrogen (secondary N) is 1. The van der Waals surface area contributed by atoms with Crippen LogP contribution in [0.5, 0.6) is 5.88 Å². The number of benzene rings is 1. The van der Waals surface area contributed by atoms with Gasteiger partial charge in [-0.05, 0) is 38.4 Å². The van der Waals surface area contributed by atoms with Crippen LogP contribution in [0, 0.1) is 6.92 Å². The zero-order chi connectivity index (χ0) is 27.5. The smallest absolute Gasteiger partial charge is 0.236 e. The number of H-pyrrole nitrogens is 1. The van der Waals surface area contributed by atoms with Crippen LogP contribution >= 0.6 is 0 Å². The molecule has 0 unspecified atom stereocenters. The van der Waals surface area contributed by atoms with Gasteiger partial charge in [0, 0.05) is 86.7 Å². The van der Waals surface area contributed by atoms with Crippen molar-refractivity contribution in [1.82, 2.24) is 34.5 Å². The Hall–Kier alpha value is -3.56. The number of fused-ring (bicyclic) bond motifs is 1. The van der Waals surface area contributed by atoms with Gasteiger partial charge < -0.3 is 14.6 Å². The van der Waals surface area contributed by atoms with Crippen molar-refractivity contribution in [2.24, 2.45) is 7.05 Å². The maximum atomic E-state index is 13.5. The molecule has 1 saturated heterocycles. The molecular formula is C30H39N7O2. The minimum absolute atomic E-state index is 0.0379. The SMILES string of the molecule is CCOc1nn(C)cc1Cc1ncc(C)c(-c2c[nH]c3c(CC(=O)[C@H](CC)N4CCN(C)CC4)cccc23)n1.